The summed E-state index contributed by atoms with van der Waals surface area (Å²) in [6.45, 7) is 0. The molecule has 0 aliphatic heterocycles. The van der Waals surface area contributed by atoms with Crippen LogP contribution in [0.3, 0.4) is 0 Å². The fourth-order valence-corrected chi connectivity index (χ4v) is 11.9. The van der Waals surface area contributed by atoms with Crippen molar-refractivity contribution in [2.45, 2.75) is 0 Å². The minimum absolute atomic E-state index is 0.658. The molecular formula is C54H29N5S. The summed E-state index contributed by atoms with van der Waals surface area (Å²) in [6.07, 6.45) is 0. The molecule has 60 heavy (non-hydrogen) atoms. The van der Waals surface area contributed by atoms with Gasteiger partial charge in [-0.3, -0.25) is 9.13 Å². The Morgan fingerprint density at radius 2 is 0.933 bits per heavy atom. The van der Waals surface area contributed by atoms with Gasteiger partial charge >= 0.3 is 0 Å². The first kappa shape index (κ1) is 31.2. The minimum Gasteiger partial charge on any atom is -0.308 e. The molecule has 0 saturated carbocycles. The monoisotopic (exact) mass is 779 g/mol. The summed E-state index contributed by atoms with van der Waals surface area (Å²) in [6, 6.07) is 64.2. The van der Waals surface area contributed by atoms with E-state index >= 15 is 0 Å². The number of thiophene rings is 1. The van der Waals surface area contributed by atoms with Gasteiger partial charge in [-0.25, -0.2) is 4.98 Å². The fraction of sp³-hybridized carbons (Fsp3) is 0. The Labute approximate surface area is 344 Å². The maximum Gasteiger partial charge on any atom is 0.237 e. The average molecular weight is 780 g/mol. The number of aromatic nitrogens is 5. The normalized spacial score (nSPS) is 12.7. The summed E-state index contributed by atoms with van der Waals surface area (Å²) in [5, 5.41) is 16.0. The predicted molar refractivity (Wildman–Crippen MR) is 253 cm³/mol. The number of para-hydroxylation sites is 3. The third-order valence-corrected chi connectivity index (χ3v) is 14.3. The van der Waals surface area contributed by atoms with E-state index in [1.807, 2.05) is 0 Å². The third kappa shape index (κ3) is 3.74. The molecule has 0 atom stereocenters. The van der Waals surface area contributed by atoms with Crippen molar-refractivity contribution in [1.29, 1.82) is 0 Å². The van der Waals surface area contributed by atoms with Crippen LogP contribution in [-0.2, 0) is 0 Å². The van der Waals surface area contributed by atoms with Gasteiger partial charge in [0.05, 0.1) is 48.8 Å². The number of hydrogen-bond donors (Lipinski definition) is 0. The maximum atomic E-state index is 5.77. The number of hydrogen-bond acceptors (Lipinski definition) is 3. The summed E-state index contributed by atoms with van der Waals surface area (Å²) < 4.78 is 9.49. The van der Waals surface area contributed by atoms with Gasteiger partial charge in [0.25, 0.3) is 0 Å². The van der Waals surface area contributed by atoms with Crippen molar-refractivity contribution >= 4 is 135 Å². The van der Waals surface area contributed by atoms with Crippen LogP contribution >= 0.6 is 11.3 Å². The Morgan fingerprint density at radius 1 is 0.367 bits per heavy atom. The van der Waals surface area contributed by atoms with E-state index in [0.29, 0.717) is 5.95 Å². The molecule has 0 aliphatic carbocycles. The van der Waals surface area contributed by atoms with Crippen molar-refractivity contribution in [1.82, 2.24) is 23.5 Å². The molecular weight excluding hydrogens is 751 g/mol. The quantitative estimate of drug-likeness (QED) is 0.175. The van der Waals surface area contributed by atoms with Gasteiger partial charge in [0.2, 0.25) is 5.95 Å². The van der Waals surface area contributed by atoms with Crippen LogP contribution in [-0.4, -0.2) is 23.5 Å². The van der Waals surface area contributed by atoms with Crippen LogP contribution in [0.4, 0.5) is 0 Å². The summed E-state index contributed by atoms with van der Waals surface area (Å²) in [5.41, 5.74) is 9.10. The van der Waals surface area contributed by atoms with E-state index in [-0.39, 0.29) is 0 Å². The predicted octanol–water partition coefficient (Wildman–Crippen LogP) is 14.5. The van der Waals surface area contributed by atoms with E-state index in [1.165, 1.54) is 85.9 Å². The Kier molecular flexibility index (Phi) is 5.74. The SMILES string of the molecule is c1ccc2c(c1)ccc1c2c2ccccc2n1-c1nc(-n2c3ccccc3c3c4c5c6ccccc6ccc5n5c6ccccc6c(cc32)c45)nc2c1sc1ccccc12. The van der Waals surface area contributed by atoms with E-state index in [9.17, 15) is 0 Å². The number of rotatable bonds is 2. The average Bonchev–Trinajstić information content (AvgIpc) is 4.10. The highest BCUT2D eigenvalue weighted by Gasteiger charge is 2.27. The molecule has 0 N–H and O–H groups in total. The fourth-order valence-electron chi connectivity index (χ4n) is 10.8. The van der Waals surface area contributed by atoms with Crippen molar-refractivity contribution in [2.75, 3.05) is 0 Å². The second-order valence-corrected chi connectivity index (χ2v) is 17.1. The van der Waals surface area contributed by atoms with E-state index < -0.39 is 0 Å². The van der Waals surface area contributed by atoms with E-state index in [0.717, 1.165) is 43.5 Å². The lowest BCUT2D eigenvalue weighted by molar-refractivity contribution is 0.977. The van der Waals surface area contributed by atoms with E-state index in [2.05, 4.69) is 189 Å². The zero-order valence-corrected chi connectivity index (χ0v) is 32.7. The van der Waals surface area contributed by atoms with Crippen molar-refractivity contribution < 1.29 is 0 Å². The Morgan fingerprint density at radius 3 is 1.70 bits per heavy atom. The topological polar surface area (TPSA) is 40.0 Å². The summed E-state index contributed by atoms with van der Waals surface area (Å²) in [5.74, 6) is 1.55. The van der Waals surface area contributed by atoms with Gasteiger partial charge in [-0.15, -0.1) is 11.3 Å². The van der Waals surface area contributed by atoms with Gasteiger partial charge in [-0.2, -0.15) is 4.98 Å². The van der Waals surface area contributed by atoms with Gasteiger partial charge in [-0.1, -0.05) is 133 Å². The molecule has 9 aromatic carbocycles. The number of nitrogens with zero attached hydrogens (tertiary/aromatic N) is 5. The highest BCUT2D eigenvalue weighted by molar-refractivity contribution is 7.26. The zero-order valence-electron chi connectivity index (χ0n) is 31.9. The summed E-state index contributed by atoms with van der Waals surface area (Å²) in [7, 11) is 0. The van der Waals surface area contributed by atoms with Crippen molar-refractivity contribution in [2.24, 2.45) is 0 Å². The van der Waals surface area contributed by atoms with Crippen LogP contribution < -0.4 is 0 Å². The van der Waals surface area contributed by atoms with Crippen LogP contribution in [0.5, 0.6) is 0 Å². The molecule has 0 radical (unpaired) electrons. The second-order valence-electron chi connectivity index (χ2n) is 16.1. The van der Waals surface area contributed by atoms with Crippen LogP contribution in [0, 0.1) is 0 Å². The minimum atomic E-state index is 0.658. The molecule has 0 bridgehead atoms. The van der Waals surface area contributed by atoms with Gasteiger partial charge in [0.15, 0.2) is 5.82 Å². The van der Waals surface area contributed by atoms with Gasteiger partial charge in [0.1, 0.15) is 0 Å². The summed E-state index contributed by atoms with van der Waals surface area (Å²) >= 11 is 1.77. The van der Waals surface area contributed by atoms with Crippen LogP contribution in [0.25, 0.3) is 135 Å². The molecule has 0 aliphatic rings. The molecule has 0 saturated heterocycles. The molecule has 15 aromatic rings. The van der Waals surface area contributed by atoms with Crippen LogP contribution in [0.2, 0.25) is 0 Å². The Balaban J connectivity index is 1.16. The molecule has 0 fully saturated rings. The van der Waals surface area contributed by atoms with Crippen LogP contribution in [0.15, 0.2) is 176 Å². The molecule has 5 nitrogen and oxygen atoms in total. The molecule has 0 unspecified atom stereocenters. The second kappa shape index (κ2) is 11.0. The molecule has 0 amide bonds. The van der Waals surface area contributed by atoms with Gasteiger partial charge < -0.3 is 4.40 Å². The third-order valence-electron chi connectivity index (χ3n) is 13.2. The van der Waals surface area contributed by atoms with E-state index in [4.69, 9.17) is 9.97 Å². The first-order valence-corrected chi connectivity index (χ1v) is 21.2. The Hall–Kier alpha value is -7.80. The lowest BCUT2D eigenvalue weighted by Crippen LogP contribution is -2.06. The first-order chi connectivity index (χ1) is 29.8. The molecule has 6 heteroatoms. The van der Waals surface area contributed by atoms with Gasteiger partial charge in [0, 0.05) is 53.2 Å². The number of benzene rings is 9. The lowest BCUT2D eigenvalue weighted by Gasteiger charge is -2.13. The Bertz CT molecular complexity index is 4370. The van der Waals surface area contributed by atoms with E-state index in [1.54, 1.807) is 11.3 Å². The molecule has 276 valence electrons. The lowest BCUT2D eigenvalue weighted by atomic mass is 9.98. The van der Waals surface area contributed by atoms with Crippen molar-refractivity contribution in [3.63, 3.8) is 0 Å². The smallest absolute Gasteiger partial charge is 0.237 e. The zero-order chi connectivity index (χ0) is 38.8. The maximum absolute atomic E-state index is 5.77. The highest BCUT2D eigenvalue weighted by Crippen LogP contribution is 2.49. The van der Waals surface area contributed by atoms with Crippen molar-refractivity contribution in [3.05, 3.63) is 176 Å². The number of fused-ring (bicyclic) bond motifs is 20. The highest BCUT2D eigenvalue weighted by atomic mass is 32.1. The van der Waals surface area contributed by atoms with Crippen molar-refractivity contribution in [3.8, 4) is 11.8 Å². The largest absolute Gasteiger partial charge is 0.308 e. The standard InChI is InChI=1S/C54H29N5S/c1-3-15-32-30(13-1)25-27-42-46(32)35-18-6-10-22-40(35)58(42)53-52-50(37-20-8-12-24-45(37)60-52)55-54(56-53)59-41-23-11-7-19-36(41)48-44(59)29-38-34-17-5-9-21-39(34)57-43-28-26-31-14-2-4-16-33(31)47(43)49(48)51(38)57/h1-29H. The summed E-state index contributed by atoms with van der Waals surface area (Å²) in [4.78, 5) is 11.4. The van der Waals surface area contributed by atoms with Crippen LogP contribution in [0.1, 0.15) is 0 Å². The molecule has 0 spiro atoms. The molecule has 6 aromatic heterocycles. The van der Waals surface area contributed by atoms with Gasteiger partial charge in [-0.05, 0) is 64.0 Å². The molecule has 6 heterocycles. The first-order valence-electron chi connectivity index (χ1n) is 20.4. The molecule has 15 rings (SSSR count).